The van der Waals surface area contributed by atoms with Crippen LogP contribution in [0.15, 0.2) is 65.4 Å². The molecule has 2 amide bonds. The van der Waals surface area contributed by atoms with Crippen LogP contribution in [0.5, 0.6) is 0 Å². The topological polar surface area (TPSA) is 114 Å². The van der Waals surface area contributed by atoms with E-state index in [1.165, 1.54) is 24.3 Å². The Hall–Kier alpha value is -3.55. The van der Waals surface area contributed by atoms with Crippen molar-refractivity contribution in [3.05, 3.63) is 60.3 Å². The van der Waals surface area contributed by atoms with Crippen LogP contribution in [0.1, 0.15) is 13.3 Å². The fourth-order valence-corrected chi connectivity index (χ4v) is 2.80. The van der Waals surface area contributed by atoms with E-state index in [2.05, 4.69) is 15.8 Å². The molecule has 0 radical (unpaired) electrons. The molecule has 0 aromatic carbocycles. The van der Waals surface area contributed by atoms with Gasteiger partial charge in [0.05, 0.1) is 11.8 Å². The highest BCUT2D eigenvalue weighted by atomic mass is 16.5. The molecule has 8 heteroatoms. The van der Waals surface area contributed by atoms with Crippen molar-refractivity contribution in [1.82, 2.24) is 10.7 Å². The van der Waals surface area contributed by atoms with Gasteiger partial charge in [0.25, 0.3) is 0 Å². The van der Waals surface area contributed by atoms with Crippen LogP contribution in [0.2, 0.25) is 0 Å². The maximum atomic E-state index is 12.1. The largest absolute Gasteiger partial charge is 0.452 e. The lowest BCUT2D eigenvalue weighted by molar-refractivity contribution is -0.147. The van der Waals surface area contributed by atoms with Gasteiger partial charge in [-0.1, -0.05) is 36.5 Å². The minimum Gasteiger partial charge on any atom is -0.452 e. The summed E-state index contributed by atoms with van der Waals surface area (Å²) in [7, 11) is 0. The first-order valence-electron chi connectivity index (χ1n) is 8.72. The summed E-state index contributed by atoms with van der Waals surface area (Å²) < 4.78 is 5.35. The van der Waals surface area contributed by atoms with Crippen molar-refractivity contribution in [1.29, 1.82) is 0 Å². The fraction of sp³-hybridized carbons (Fsp3) is 0.250. The highest BCUT2D eigenvalue weighted by Crippen LogP contribution is 2.25. The molecule has 8 nitrogen and oxygen atoms in total. The van der Waals surface area contributed by atoms with Crippen molar-refractivity contribution < 1.29 is 23.9 Å². The van der Waals surface area contributed by atoms with Gasteiger partial charge in [-0.3, -0.25) is 19.2 Å². The molecule has 2 N–H and O–H groups in total. The first-order valence-corrected chi connectivity index (χ1v) is 8.72. The molecule has 0 aromatic rings. The number of nitrogens with zero attached hydrogens (tertiary/aromatic N) is 1. The third kappa shape index (κ3) is 4.79. The molecule has 0 bridgehead atoms. The zero-order valence-corrected chi connectivity index (χ0v) is 15.1. The van der Waals surface area contributed by atoms with Gasteiger partial charge in [-0.25, -0.2) is 5.43 Å². The van der Waals surface area contributed by atoms with E-state index in [1.807, 2.05) is 12.2 Å². The number of amides is 2. The monoisotopic (exact) mass is 381 g/mol. The Kier molecular flexibility index (Phi) is 5.78. The Morgan fingerprint density at radius 3 is 2.57 bits per heavy atom. The van der Waals surface area contributed by atoms with Gasteiger partial charge in [0.2, 0.25) is 11.8 Å². The Labute approximate surface area is 161 Å². The van der Waals surface area contributed by atoms with E-state index in [9.17, 15) is 19.2 Å². The maximum Gasteiger partial charge on any atom is 0.319 e. The first kappa shape index (κ1) is 19.2. The molecule has 2 atom stereocenters. The van der Waals surface area contributed by atoms with Gasteiger partial charge in [0.1, 0.15) is 18.4 Å². The van der Waals surface area contributed by atoms with Gasteiger partial charge in [-0.2, -0.15) is 5.10 Å². The fourth-order valence-electron chi connectivity index (χ4n) is 2.80. The lowest BCUT2D eigenvalue weighted by Crippen LogP contribution is -2.37. The summed E-state index contributed by atoms with van der Waals surface area (Å²) in [5.41, 5.74) is 3.47. The number of hydrogen-bond donors (Lipinski definition) is 2. The maximum absolute atomic E-state index is 12.1. The van der Waals surface area contributed by atoms with Crippen LogP contribution in [0, 0.1) is 5.92 Å². The number of fused-ring (bicyclic) bond motifs is 1. The number of carbonyl (C=O) groups is 4. The zero-order valence-electron chi connectivity index (χ0n) is 15.1. The zero-order chi connectivity index (χ0) is 20.1. The molecule has 0 spiro atoms. The summed E-state index contributed by atoms with van der Waals surface area (Å²) in [5.74, 6) is -2.44. The predicted molar refractivity (Wildman–Crippen MR) is 101 cm³/mol. The molecular weight excluding hydrogens is 362 g/mol. The quantitative estimate of drug-likeness (QED) is 0.314. The van der Waals surface area contributed by atoms with E-state index < -0.39 is 42.3 Å². The van der Waals surface area contributed by atoms with Crippen LogP contribution in [-0.2, 0) is 23.9 Å². The van der Waals surface area contributed by atoms with Crippen LogP contribution in [0.25, 0.3) is 0 Å². The molecule has 2 unspecified atom stereocenters. The second-order valence-corrected chi connectivity index (χ2v) is 6.42. The highest BCUT2D eigenvalue weighted by Gasteiger charge is 2.31. The Morgan fingerprint density at radius 1 is 1.07 bits per heavy atom. The number of esters is 1. The van der Waals surface area contributed by atoms with E-state index in [-0.39, 0.29) is 5.78 Å². The molecule has 1 heterocycles. The minimum atomic E-state index is -0.702. The number of rotatable bonds is 5. The summed E-state index contributed by atoms with van der Waals surface area (Å²) >= 11 is 0. The van der Waals surface area contributed by atoms with Gasteiger partial charge >= 0.3 is 5.97 Å². The van der Waals surface area contributed by atoms with Crippen molar-refractivity contribution in [2.24, 2.45) is 11.0 Å². The summed E-state index contributed by atoms with van der Waals surface area (Å²) in [5, 5.41) is 6.51. The average molecular weight is 381 g/mol. The van der Waals surface area contributed by atoms with E-state index in [0.29, 0.717) is 5.71 Å². The van der Waals surface area contributed by atoms with Gasteiger partial charge in [0, 0.05) is 0 Å². The van der Waals surface area contributed by atoms with Crippen LogP contribution in [0.3, 0.4) is 0 Å². The highest BCUT2D eigenvalue weighted by molar-refractivity contribution is 6.05. The third-order valence-corrected chi connectivity index (χ3v) is 4.26. The Balaban J connectivity index is 1.53. The van der Waals surface area contributed by atoms with Crippen molar-refractivity contribution >= 4 is 29.3 Å². The second-order valence-electron chi connectivity index (χ2n) is 6.42. The molecule has 2 aliphatic carbocycles. The molecule has 0 saturated heterocycles. The summed E-state index contributed by atoms with van der Waals surface area (Å²) in [6, 6.07) is -0.433. The number of ether oxygens (including phenoxy) is 1. The molecule has 3 rings (SSSR count). The van der Waals surface area contributed by atoms with Crippen molar-refractivity contribution in [3.8, 4) is 0 Å². The molecule has 0 saturated carbocycles. The number of carbonyl (C=O) groups excluding carboxylic acids is 4. The van der Waals surface area contributed by atoms with Gasteiger partial charge in [-0.05, 0) is 30.7 Å². The summed E-state index contributed by atoms with van der Waals surface area (Å²) in [6.07, 6.45) is 14.0. The van der Waals surface area contributed by atoms with E-state index in [0.717, 1.165) is 5.57 Å². The van der Waals surface area contributed by atoms with Gasteiger partial charge < -0.3 is 10.1 Å². The number of hydrogen-bond acceptors (Lipinski definition) is 6. The van der Waals surface area contributed by atoms with E-state index >= 15 is 0 Å². The van der Waals surface area contributed by atoms with Crippen LogP contribution in [0.4, 0.5) is 0 Å². The predicted octanol–water partition coefficient (Wildman–Crippen LogP) is 0.642. The van der Waals surface area contributed by atoms with Crippen LogP contribution < -0.4 is 10.7 Å². The van der Waals surface area contributed by atoms with Crippen molar-refractivity contribution in [2.75, 3.05) is 0 Å². The summed E-state index contributed by atoms with van der Waals surface area (Å²) in [6.45, 7) is 1.60. The van der Waals surface area contributed by atoms with Crippen molar-refractivity contribution in [2.45, 2.75) is 25.5 Å². The minimum absolute atomic E-state index is 0.157. The molecule has 1 aliphatic heterocycles. The molecule has 0 fully saturated rings. The number of nitrogens with one attached hydrogen (secondary N) is 2. The average Bonchev–Trinajstić information content (AvgIpc) is 2.67. The van der Waals surface area contributed by atoms with Gasteiger partial charge in [0.15, 0.2) is 5.78 Å². The number of allylic oxidation sites excluding steroid dienone is 4. The van der Waals surface area contributed by atoms with E-state index in [1.54, 1.807) is 25.2 Å². The second kappa shape index (κ2) is 8.43. The first-order chi connectivity index (χ1) is 13.4. The Morgan fingerprint density at radius 2 is 1.82 bits per heavy atom. The van der Waals surface area contributed by atoms with Crippen LogP contribution in [-0.4, -0.2) is 41.4 Å². The Bertz CT molecular complexity index is 876. The normalized spacial score (nSPS) is 23.8. The summed E-state index contributed by atoms with van der Waals surface area (Å²) in [4.78, 5) is 47.0. The van der Waals surface area contributed by atoms with Crippen molar-refractivity contribution in [3.63, 3.8) is 0 Å². The van der Waals surface area contributed by atoms with Gasteiger partial charge in [-0.15, -0.1) is 0 Å². The lowest BCUT2D eigenvalue weighted by Gasteiger charge is -2.26. The molecule has 0 aromatic heterocycles. The number of hydrazone groups is 1. The molecule has 28 heavy (non-hydrogen) atoms. The molecule has 3 aliphatic rings. The SMILES string of the molecule is C/C(=N\NC(=O)CC(=O)NC1C=CC(=O)C=C1)C1C=C2C=CC=CC2OC1=O. The van der Waals surface area contributed by atoms with E-state index in [4.69, 9.17) is 4.74 Å². The smallest absolute Gasteiger partial charge is 0.319 e. The molecule has 144 valence electrons. The number of ketones is 1. The third-order valence-electron chi connectivity index (χ3n) is 4.26. The lowest BCUT2D eigenvalue weighted by atomic mass is 9.93. The molecular formula is C20H19N3O5. The van der Waals surface area contributed by atoms with Crippen LogP contribution >= 0.6 is 0 Å². The standard InChI is InChI=1S/C20H19N3O5/c1-12(16-10-13-4-2-3-5-17(13)28-20(16)27)22-23-19(26)11-18(25)21-14-6-8-15(24)9-7-14/h2-10,14,16-17H,11H2,1H3,(H,21,25)(H,23,26)/b22-12+.